The molecule has 1 rings (SSSR count). The Balaban J connectivity index is 0. The number of hydrogen-bond donors (Lipinski definition) is 2. The van der Waals surface area contributed by atoms with Crippen LogP contribution in [0.2, 0.25) is 0 Å². The normalized spacial score (nSPS) is 10.6. The fourth-order valence-electron chi connectivity index (χ4n) is 1.03. The molecule has 0 saturated carbocycles. The maximum Gasteiger partial charge on any atom is 0.219 e. The number of nitrogens with two attached hydrogens (primary N) is 2. The highest BCUT2D eigenvalue weighted by molar-refractivity contribution is 5.85. The van der Waals surface area contributed by atoms with Crippen LogP contribution < -0.4 is 11.5 Å². The zero-order valence-corrected chi connectivity index (χ0v) is 9.18. The molecule has 0 heterocycles. The van der Waals surface area contributed by atoms with Crippen LogP contribution in [0.4, 0.5) is 0 Å². The Bertz CT molecular complexity index is 267. The predicted octanol–water partition coefficient (Wildman–Crippen LogP) is 1.41. The Hall–Kier alpha value is -0.770. The summed E-state index contributed by atoms with van der Waals surface area (Å²) in [6, 6.07) is 9.16. The van der Waals surface area contributed by atoms with Gasteiger partial charge in [-0.05, 0) is 5.56 Å². The standard InChI is InChI=1S/C9H12N2O.2ClH/c10-8(6-9(11)12)7-4-2-1-3-5-7;;/h1-5,8H,6,10H2,(H2,11,12);2*1H. The molecule has 1 aromatic rings. The summed E-state index contributed by atoms with van der Waals surface area (Å²) in [5, 5.41) is 0. The molecule has 0 aromatic heterocycles. The van der Waals surface area contributed by atoms with Crippen molar-refractivity contribution in [2.75, 3.05) is 0 Å². The van der Waals surface area contributed by atoms with Gasteiger partial charge in [-0.3, -0.25) is 4.79 Å². The lowest BCUT2D eigenvalue weighted by Gasteiger charge is -2.08. The topological polar surface area (TPSA) is 69.1 Å². The number of carbonyl (C=O) groups is 1. The lowest BCUT2D eigenvalue weighted by atomic mass is 10.1. The minimum Gasteiger partial charge on any atom is -0.370 e. The molecule has 3 nitrogen and oxygen atoms in total. The Kier molecular flexibility index (Phi) is 8.54. The summed E-state index contributed by atoms with van der Waals surface area (Å²) in [7, 11) is 0. The third kappa shape index (κ3) is 5.07. The molecule has 1 atom stereocenters. The highest BCUT2D eigenvalue weighted by Crippen LogP contribution is 2.11. The second-order valence-electron chi connectivity index (χ2n) is 2.69. The minimum atomic E-state index is -0.369. The van der Waals surface area contributed by atoms with Gasteiger partial charge in [0, 0.05) is 12.5 Å². The summed E-state index contributed by atoms with van der Waals surface area (Å²) in [5.41, 5.74) is 11.6. The van der Waals surface area contributed by atoms with Crippen LogP contribution in [0, 0.1) is 0 Å². The number of benzene rings is 1. The zero-order valence-electron chi connectivity index (χ0n) is 7.55. The van der Waals surface area contributed by atoms with Crippen molar-refractivity contribution < 1.29 is 4.79 Å². The molecular weight excluding hydrogens is 223 g/mol. The van der Waals surface area contributed by atoms with Gasteiger partial charge in [-0.25, -0.2) is 0 Å². The monoisotopic (exact) mass is 236 g/mol. The van der Waals surface area contributed by atoms with Crippen LogP contribution in [-0.4, -0.2) is 5.91 Å². The summed E-state index contributed by atoms with van der Waals surface area (Å²) in [6.45, 7) is 0. The van der Waals surface area contributed by atoms with E-state index in [1.54, 1.807) is 0 Å². The van der Waals surface area contributed by atoms with Crippen LogP contribution in [0.15, 0.2) is 30.3 Å². The van der Waals surface area contributed by atoms with Crippen molar-refractivity contribution in [3.8, 4) is 0 Å². The van der Waals surface area contributed by atoms with Gasteiger partial charge in [-0.1, -0.05) is 30.3 Å². The molecule has 0 aliphatic heterocycles. The lowest BCUT2D eigenvalue weighted by molar-refractivity contribution is -0.118. The number of halogens is 2. The molecule has 4 N–H and O–H groups in total. The maximum atomic E-state index is 10.5. The third-order valence-electron chi connectivity index (χ3n) is 1.65. The summed E-state index contributed by atoms with van der Waals surface area (Å²) in [6.07, 6.45) is 0.198. The quantitative estimate of drug-likeness (QED) is 0.834. The van der Waals surface area contributed by atoms with Crippen molar-refractivity contribution >= 4 is 30.7 Å². The minimum absolute atomic E-state index is 0. The van der Waals surface area contributed by atoms with Crippen molar-refractivity contribution in [3.63, 3.8) is 0 Å². The van der Waals surface area contributed by atoms with E-state index < -0.39 is 0 Å². The molecule has 0 saturated heterocycles. The molecule has 0 radical (unpaired) electrons. The lowest BCUT2D eigenvalue weighted by Crippen LogP contribution is -2.20. The molecule has 0 fully saturated rings. The molecule has 0 aliphatic carbocycles. The Labute approximate surface area is 95.7 Å². The van der Waals surface area contributed by atoms with Gasteiger partial charge in [-0.2, -0.15) is 0 Å². The van der Waals surface area contributed by atoms with Crippen molar-refractivity contribution in [1.82, 2.24) is 0 Å². The van der Waals surface area contributed by atoms with Gasteiger partial charge in [-0.15, -0.1) is 24.8 Å². The molecular formula is C9H14Cl2N2O. The average Bonchev–Trinajstić information content (AvgIpc) is 2.05. The van der Waals surface area contributed by atoms with Crippen molar-refractivity contribution in [2.45, 2.75) is 12.5 Å². The van der Waals surface area contributed by atoms with Crippen LogP contribution in [0.1, 0.15) is 18.0 Å². The molecule has 0 bridgehead atoms. The maximum absolute atomic E-state index is 10.5. The molecule has 1 amide bonds. The molecule has 14 heavy (non-hydrogen) atoms. The van der Waals surface area contributed by atoms with Gasteiger partial charge < -0.3 is 11.5 Å². The highest BCUT2D eigenvalue weighted by atomic mass is 35.5. The second kappa shape index (κ2) is 7.62. The van der Waals surface area contributed by atoms with Crippen molar-refractivity contribution in [1.29, 1.82) is 0 Å². The van der Waals surface area contributed by atoms with Gasteiger partial charge in [0.2, 0.25) is 5.91 Å². The van der Waals surface area contributed by atoms with Crippen LogP contribution in [-0.2, 0) is 4.79 Å². The third-order valence-corrected chi connectivity index (χ3v) is 1.65. The van der Waals surface area contributed by atoms with E-state index in [1.165, 1.54) is 0 Å². The first-order chi connectivity index (χ1) is 5.70. The van der Waals surface area contributed by atoms with Crippen molar-refractivity contribution in [3.05, 3.63) is 35.9 Å². The number of hydrogen-bond acceptors (Lipinski definition) is 2. The SMILES string of the molecule is Cl.Cl.NC(=O)CC(N)c1ccccc1. The molecule has 0 aliphatic rings. The van der Waals surface area contributed by atoms with E-state index in [1.807, 2.05) is 30.3 Å². The summed E-state index contributed by atoms with van der Waals surface area (Å²) < 4.78 is 0. The Morgan fingerprint density at radius 2 is 1.71 bits per heavy atom. The van der Waals surface area contributed by atoms with E-state index in [0.29, 0.717) is 0 Å². The molecule has 1 aromatic carbocycles. The number of primary amides is 1. The first-order valence-corrected chi connectivity index (χ1v) is 3.79. The fraction of sp³-hybridized carbons (Fsp3) is 0.222. The number of carbonyl (C=O) groups excluding carboxylic acids is 1. The van der Waals surface area contributed by atoms with E-state index in [-0.39, 0.29) is 43.2 Å². The summed E-state index contributed by atoms with van der Waals surface area (Å²) in [4.78, 5) is 10.5. The van der Waals surface area contributed by atoms with E-state index >= 15 is 0 Å². The smallest absolute Gasteiger partial charge is 0.219 e. The Morgan fingerprint density at radius 1 is 1.21 bits per heavy atom. The average molecular weight is 237 g/mol. The zero-order chi connectivity index (χ0) is 8.97. The van der Waals surface area contributed by atoms with Gasteiger partial charge in [0.05, 0.1) is 0 Å². The first-order valence-electron chi connectivity index (χ1n) is 3.79. The fourth-order valence-corrected chi connectivity index (χ4v) is 1.03. The van der Waals surface area contributed by atoms with E-state index in [9.17, 15) is 4.79 Å². The molecule has 5 heteroatoms. The van der Waals surface area contributed by atoms with E-state index in [4.69, 9.17) is 11.5 Å². The largest absolute Gasteiger partial charge is 0.370 e. The van der Waals surface area contributed by atoms with Gasteiger partial charge >= 0.3 is 0 Å². The first kappa shape index (κ1) is 15.7. The number of rotatable bonds is 3. The molecule has 1 unspecified atom stereocenters. The predicted molar refractivity (Wildman–Crippen MR) is 61.7 cm³/mol. The summed E-state index contributed by atoms with van der Waals surface area (Å²) >= 11 is 0. The molecule has 80 valence electrons. The highest BCUT2D eigenvalue weighted by Gasteiger charge is 2.07. The van der Waals surface area contributed by atoms with Gasteiger partial charge in [0.15, 0.2) is 0 Å². The van der Waals surface area contributed by atoms with E-state index in [0.717, 1.165) is 5.56 Å². The molecule has 0 spiro atoms. The van der Waals surface area contributed by atoms with Gasteiger partial charge in [0.1, 0.15) is 0 Å². The summed E-state index contributed by atoms with van der Waals surface area (Å²) in [5.74, 6) is -0.369. The van der Waals surface area contributed by atoms with Crippen LogP contribution >= 0.6 is 24.8 Å². The number of amides is 1. The van der Waals surface area contributed by atoms with Gasteiger partial charge in [0.25, 0.3) is 0 Å². The van der Waals surface area contributed by atoms with Crippen LogP contribution in [0.25, 0.3) is 0 Å². The Morgan fingerprint density at radius 3 is 2.14 bits per heavy atom. The van der Waals surface area contributed by atoms with Crippen LogP contribution in [0.5, 0.6) is 0 Å². The second-order valence-corrected chi connectivity index (χ2v) is 2.69. The van der Waals surface area contributed by atoms with E-state index in [2.05, 4.69) is 0 Å². The van der Waals surface area contributed by atoms with Crippen LogP contribution in [0.3, 0.4) is 0 Å². The van der Waals surface area contributed by atoms with Crippen molar-refractivity contribution in [2.24, 2.45) is 11.5 Å².